The molecule has 1 aliphatic rings. The minimum atomic E-state index is -0.345. The maximum Gasteiger partial charge on any atom is 0.350 e. The third-order valence-corrected chi connectivity index (χ3v) is 5.66. The molecular weight excluding hydrogens is 350 g/mol. The Hall–Kier alpha value is -2.80. The first-order valence-electron chi connectivity index (χ1n) is 8.47. The predicted octanol–water partition coefficient (Wildman–Crippen LogP) is 4.97. The molecule has 1 unspecified atom stereocenters. The van der Waals surface area contributed by atoms with Crippen molar-refractivity contribution >= 4 is 38.8 Å². The second-order valence-electron chi connectivity index (χ2n) is 6.10. The van der Waals surface area contributed by atoms with Crippen molar-refractivity contribution in [3.63, 3.8) is 0 Å². The second-order valence-corrected chi connectivity index (χ2v) is 7.15. The van der Waals surface area contributed by atoms with Crippen LogP contribution in [0.15, 0.2) is 41.8 Å². The molecule has 4 rings (SSSR count). The Balaban J connectivity index is 1.74. The molecule has 0 radical (unpaired) electrons. The van der Waals surface area contributed by atoms with Crippen molar-refractivity contribution in [3.05, 3.63) is 57.6 Å². The van der Waals surface area contributed by atoms with Gasteiger partial charge in [-0.2, -0.15) is 4.91 Å². The highest BCUT2D eigenvalue weighted by Crippen LogP contribution is 2.40. The highest BCUT2D eigenvalue weighted by molar-refractivity contribution is 7.21. The summed E-state index contributed by atoms with van der Waals surface area (Å²) in [7, 11) is 0. The molecule has 2 heterocycles. The SMILES string of the molecule is CCOC(=O)c1sc2cnccc2c1Nc1ccc2c(c1)CCC2N=O. The number of hydrogen-bond donors (Lipinski definition) is 1. The third kappa shape index (κ3) is 2.84. The third-order valence-electron chi connectivity index (χ3n) is 4.54. The van der Waals surface area contributed by atoms with Crippen molar-refractivity contribution in [2.24, 2.45) is 5.18 Å². The molecule has 1 aromatic carbocycles. The Labute approximate surface area is 154 Å². The lowest BCUT2D eigenvalue weighted by atomic mass is 10.1. The highest BCUT2D eigenvalue weighted by Gasteiger charge is 2.24. The molecule has 3 aromatic rings. The lowest BCUT2D eigenvalue weighted by Crippen LogP contribution is -2.05. The average molecular weight is 367 g/mol. The molecule has 6 nitrogen and oxygen atoms in total. The maximum absolute atomic E-state index is 12.4. The highest BCUT2D eigenvalue weighted by atomic mass is 32.1. The number of esters is 1. The second kappa shape index (κ2) is 6.84. The fraction of sp³-hybridized carbons (Fsp3) is 0.263. The first kappa shape index (κ1) is 16.7. The number of pyridine rings is 1. The topological polar surface area (TPSA) is 80.7 Å². The number of hydrogen-bond acceptors (Lipinski definition) is 7. The molecular formula is C19H17N3O3S. The summed E-state index contributed by atoms with van der Waals surface area (Å²) in [6, 6.07) is 7.53. The number of aromatic nitrogens is 1. The van der Waals surface area contributed by atoms with Gasteiger partial charge in [-0.25, -0.2) is 4.79 Å². The van der Waals surface area contributed by atoms with Crippen LogP contribution in [0.5, 0.6) is 0 Å². The van der Waals surface area contributed by atoms with Crippen LogP contribution in [-0.2, 0) is 11.2 Å². The zero-order valence-electron chi connectivity index (χ0n) is 14.2. The van der Waals surface area contributed by atoms with Gasteiger partial charge in [-0.05, 0) is 49.1 Å². The van der Waals surface area contributed by atoms with Crippen LogP contribution in [0.1, 0.15) is 40.2 Å². The van der Waals surface area contributed by atoms with E-state index in [4.69, 9.17) is 4.74 Å². The molecule has 132 valence electrons. The van der Waals surface area contributed by atoms with Crippen LogP contribution >= 0.6 is 11.3 Å². The molecule has 0 saturated carbocycles. The van der Waals surface area contributed by atoms with E-state index >= 15 is 0 Å². The van der Waals surface area contributed by atoms with E-state index in [2.05, 4.69) is 15.5 Å². The van der Waals surface area contributed by atoms with E-state index in [-0.39, 0.29) is 12.0 Å². The molecule has 0 aliphatic heterocycles. The summed E-state index contributed by atoms with van der Waals surface area (Å²) in [5, 5.41) is 7.50. The minimum Gasteiger partial charge on any atom is -0.462 e. The summed E-state index contributed by atoms with van der Waals surface area (Å²) in [6.45, 7) is 2.11. The number of nitrogens with one attached hydrogen (secondary N) is 1. The normalized spacial score (nSPS) is 15.7. The number of thiophene rings is 1. The van der Waals surface area contributed by atoms with Crippen LogP contribution in [0.2, 0.25) is 0 Å². The Morgan fingerprint density at radius 2 is 2.31 bits per heavy atom. The summed E-state index contributed by atoms with van der Waals surface area (Å²) in [4.78, 5) is 28.0. The standard InChI is InChI=1S/C19H17N3O3S/c1-2-25-19(23)18-17(14-7-8-20-10-16(14)26-18)21-12-4-5-13-11(9-12)3-6-15(13)22-24/h4-5,7-10,15,21H,2-3,6H2,1H3. The molecule has 26 heavy (non-hydrogen) atoms. The average Bonchev–Trinajstić information content (AvgIpc) is 3.23. The van der Waals surface area contributed by atoms with E-state index in [0.717, 1.165) is 45.4 Å². The van der Waals surface area contributed by atoms with Crippen LogP contribution in [-0.4, -0.2) is 17.6 Å². The molecule has 7 heteroatoms. The van der Waals surface area contributed by atoms with Crippen molar-refractivity contribution in [2.45, 2.75) is 25.8 Å². The molecule has 1 N–H and O–H groups in total. The van der Waals surface area contributed by atoms with Crippen molar-refractivity contribution < 1.29 is 9.53 Å². The summed E-state index contributed by atoms with van der Waals surface area (Å²) in [5.41, 5.74) is 3.72. The lowest BCUT2D eigenvalue weighted by Gasteiger charge is -2.10. The van der Waals surface area contributed by atoms with Gasteiger partial charge in [0.1, 0.15) is 10.9 Å². The lowest BCUT2D eigenvalue weighted by molar-refractivity contribution is 0.0533. The molecule has 0 amide bonds. The van der Waals surface area contributed by atoms with Gasteiger partial charge in [-0.3, -0.25) is 4.98 Å². The number of nitrogens with zero attached hydrogens (tertiary/aromatic N) is 2. The minimum absolute atomic E-state index is 0.248. The van der Waals surface area contributed by atoms with Crippen molar-refractivity contribution in [1.82, 2.24) is 4.98 Å². The van der Waals surface area contributed by atoms with Gasteiger partial charge in [0, 0.05) is 23.5 Å². The molecule has 0 bridgehead atoms. The van der Waals surface area contributed by atoms with Crippen LogP contribution in [0.25, 0.3) is 10.1 Å². The van der Waals surface area contributed by atoms with Crippen molar-refractivity contribution in [3.8, 4) is 0 Å². The number of rotatable bonds is 5. The fourth-order valence-electron chi connectivity index (χ4n) is 3.34. The van der Waals surface area contributed by atoms with E-state index in [9.17, 15) is 9.70 Å². The predicted molar refractivity (Wildman–Crippen MR) is 102 cm³/mol. The number of ether oxygens (including phenoxy) is 1. The van der Waals surface area contributed by atoms with E-state index in [1.54, 1.807) is 19.3 Å². The molecule has 1 atom stereocenters. The quantitative estimate of drug-likeness (QED) is 0.509. The van der Waals surface area contributed by atoms with Crippen LogP contribution < -0.4 is 5.32 Å². The molecule has 1 aliphatic carbocycles. The van der Waals surface area contributed by atoms with Gasteiger partial charge in [0.25, 0.3) is 0 Å². The Kier molecular flexibility index (Phi) is 4.38. The number of anilines is 2. The number of fused-ring (bicyclic) bond motifs is 2. The number of aryl methyl sites for hydroxylation is 1. The van der Waals surface area contributed by atoms with Gasteiger partial charge in [-0.1, -0.05) is 11.2 Å². The van der Waals surface area contributed by atoms with Gasteiger partial charge in [0.15, 0.2) is 0 Å². The zero-order valence-corrected chi connectivity index (χ0v) is 15.0. The van der Waals surface area contributed by atoms with Gasteiger partial charge in [0.2, 0.25) is 0 Å². The number of benzene rings is 1. The zero-order chi connectivity index (χ0) is 18.1. The smallest absolute Gasteiger partial charge is 0.350 e. The number of nitroso groups, excluding NO2 is 1. The first-order chi connectivity index (χ1) is 12.7. The summed E-state index contributed by atoms with van der Waals surface area (Å²) < 4.78 is 6.12. The van der Waals surface area contributed by atoms with E-state index in [0.29, 0.717) is 11.5 Å². The van der Waals surface area contributed by atoms with Gasteiger partial charge >= 0.3 is 5.97 Å². The maximum atomic E-state index is 12.4. The largest absolute Gasteiger partial charge is 0.462 e. The van der Waals surface area contributed by atoms with Crippen molar-refractivity contribution in [1.29, 1.82) is 0 Å². The summed E-state index contributed by atoms with van der Waals surface area (Å²) in [6.07, 6.45) is 5.04. The molecule has 0 saturated heterocycles. The van der Waals surface area contributed by atoms with Gasteiger partial charge < -0.3 is 10.1 Å². The van der Waals surface area contributed by atoms with E-state index in [1.807, 2.05) is 24.3 Å². The molecule has 0 spiro atoms. The van der Waals surface area contributed by atoms with Gasteiger partial charge in [0.05, 0.1) is 17.0 Å². The van der Waals surface area contributed by atoms with E-state index < -0.39 is 0 Å². The molecule has 0 fully saturated rings. The van der Waals surface area contributed by atoms with E-state index in [1.165, 1.54) is 11.3 Å². The summed E-state index contributed by atoms with van der Waals surface area (Å²) in [5.74, 6) is -0.345. The summed E-state index contributed by atoms with van der Waals surface area (Å²) >= 11 is 1.36. The van der Waals surface area contributed by atoms with Gasteiger partial charge in [-0.15, -0.1) is 11.3 Å². The number of carbonyl (C=O) groups is 1. The molecule has 2 aromatic heterocycles. The van der Waals surface area contributed by atoms with Crippen molar-refractivity contribution in [2.75, 3.05) is 11.9 Å². The fourth-order valence-corrected chi connectivity index (χ4v) is 4.36. The first-order valence-corrected chi connectivity index (χ1v) is 9.29. The number of carbonyl (C=O) groups excluding carboxylic acids is 1. The Bertz CT molecular complexity index is 999. The Morgan fingerprint density at radius 1 is 1.42 bits per heavy atom. The van der Waals surface area contributed by atoms with Crippen LogP contribution in [0.4, 0.5) is 11.4 Å². The van der Waals surface area contributed by atoms with Crippen LogP contribution in [0, 0.1) is 4.91 Å². The van der Waals surface area contributed by atoms with Crippen LogP contribution in [0.3, 0.4) is 0 Å². The Morgan fingerprint density at radius 3 is 3.12 bits per heavy atom. The monoisotopic (exact) mass is 367 g/mol.